The monoisotopic (exact) mass is 387 g/mol. The highest BCUT2D eigenvalue weighted by atomic mass is 127. The van der Waals surface area contributed by atoms with Crippen LogP contribution >= 0.6 is 34.4 Å². The standard InChI is InChI=1S/C10H5F3INO2S/c1-17-9(16)6-2-5(4-15)3-7(14)8(6)18-10(11,12)13/h2-3H,1H3. The molecule has 0 aliphatic heterocycles. The molecule has 1 rings (SSSR count). The number of hydrogen-bond acceptors (Lipinski definition) is 4. The first-order valence-corrected chi connectivity index (χ1v) is 6.25. The van der Waals surface area contributed by atoms with Crippen molar-refractivity contribution in [2.24, 2.45) is 0 Å². The minimum absolute atomic E-state index is 0.103. The molecule has 0 saturated carbocycles. The lowest BCUT2D eigenvalue weighted by molar-refractivity contribution is -0.0328. The Morgan fingerprint density at radius 3 is 2.56 bits per heavy atom. The summed E-state index contributed by atoms with van der Waals surface area (Å²) in [5.74, 6) is -0.906. The Kier molecular flexibility index (Phi) is 4.86. The summed E-state index contributed by atoms with van der Waals surface area (Å²) >= 11 is 1.24. The van der Waals surface area contributed by atoms with Gasteiger partial charge in [-0.15, -0.1) is 0 Å². The van der Waals surface area contributed by atoms with E-state index < -0.39 is 23.2 Å². The van der Waals surface area contributed by atoms with Gasteiger partial charge >= 0.3 is 11.5 Å². The molecule has 0 aliphatic carbocycles. The first kappa shape index (κ1) is 15.1. The number of methoxy groups -OCH3 is 1. The van der Waals surface area contributed by atoms with Crippen LogP contribution in [0.5, 0.6) is 0 Å². The average molecular weight is 387 g/mol. The Morgan fingerprint density at radius 2 is 2.11 bits per heavy atom. The van der Waals surface area contributed by atoms with Crippen LogP contribution in [0, 0.1) is 14.9 Å². The summed E-state index contributed by atoms with van der Waals surface area (Å²) in [5.41, 5.74) is -4.67. The average Bonchev–Trinajstić information content (AvgIpc) is 2.28. The minimum atomic E-state index is -4.52. The molecule has 3 nitrogen and oxygen atoms in total. The fourth-order valence-corrected chi connectivity index (χ4v) is 2.74. The highest BCUT2D eigenvalue weighted by molar-refractivity contribution is 14.1. The molecule has 0 aromatic heterocycles. The molecule has 0 heterocycles. The molecule has 0 saturated heterocycles. The van der Waals surface area contributed by atoms with Crippen LogP contribution in [0.4, 0.5) is 13.2 Å². The van der Waals surface area contributed by atoms with E-state index >= 15 is 0 Å². The topological polar surface area (TPSA) is 50.1 Å². The molecule has 0 amide bonds. The summed E-state index contributed by atoms with van der Waals surface area (Å²) in [7, 11) is 1.07. The highest BCUT2D eigenvalue weighted by Gasteiger charge is 2.33. The van der Waals surface area contributed by atoms with E-state index in [1.165, 1.54) is 6.07 Å². The number of benzene rings is 1. The van der Waals surface area contributed by atoms with Crippen molar-refractivity contribution in [1.29, 1.82) is 5.26 Å². The van der Waals surface area contributed by atoms with Gasteiger partial charge in [0.05, 0.1) is 24.3 Å². The van der Waals surface area contributed by atoms with Gasteiger partial charge in [0.2, 0.25) is 0 Å². The van der Waals surface area contributed by atoms with E-state index in [1.54, 1.807) is 28.7 Å². The number of carbonyl (C=O) groups is 1. The van der Waals surface area contributed by atoms with Crippen LogP contribution < -0.4 is 0 Å². The van der Waals surface area contributed by atoms with Gasteiger partial charge in [-0.05, 0) is 46.5 Å². The van der Waals surface area contributed by atoms with Gasteiger partial charge in [0.25, 0.3) is 0 Å². The lowest BCUT2D eigenvalue weighted by Crippen LogP contribution is -2.09. The summed E-state index contributed by atoms with van der Waals surface area (Å²) in [6.45, 7) is 0. The summed E-state index contributed by atoms with van der Waals surface area (Å²) in [6, 6.07) is 4.14. The number of alkyl halides is 3. The zero-order valence-corrected chi connectivity index (χ0v) is 11.8. The van der Waals surface area contributed by atoms with Crippen molar-refractivity contribution in [2.75, 3.05) is 7.11 Å². The maximum Gasteiger partial charge on any atom is 0.446 e. The number of rotatable bonds is 2. The van der Waals surface area contributed by atoms with Gasteiger partial charge in [-0.1, -0.05) is 0 Å². The smallest absolute Gasteiger partial charge is 0.446 e. The lowest BCUT2D eigenvalue weighted by atomic mass is 10.1. The van der Waals surface area contributed by atoms with Gasteiger partial charge in [-0.2, -0.15) is 18.4 Å². The molecule has 18 heavy (non-hydrogen) atoms. The third-order valence-electron chi connectivity index (χ3n) is 1.80. The molecular formula is C10H5F3INO2S. The Hall–Kier alpha value is -0.950. The number of thioether (sulfide) groups is 1. The third-order valence-corrected chi connectivity index (χ3v) is 3.89. The molecular weight excluding hydrogens is 382 g/mol. The summed E-state index contributed by atoms with van der Waals surface area (Å²) in [6.07, 6.45) is 0. The van der Waals surface area contributed by atoms with Crippen molar-refractivity contribution in [3.63, 3.8) is 0 Å². The van der Waals surface area contributed by atoms with E-state index in [-0.39, 0.29) is 19.6 Å². The van der Waals surface area contributed by atoms with Crippen LogP contribution in [-0.2, 0) is 4.74 Å². The Balaban J connectivity index is 3.39. The van der Waals surface area contributed by atoms with E-state index in [2.05, 4.69) is 4.74 Å². The molecule has 0 radical (unpaired) electrons. The number of nitriles is 1. The molecule has 0 aliphatic rings. The lowest BCUT2D eigenvalue weighted by Gasteiger charge is -2.12. The van der Waals surface area contributed by atoms with Gasteiger partial charge in [0.15, 0.2) is 0 Å². The van der Waals surface area contributed by atoms with E-state index in [9.17, 15) is 18.0 Å². The number of ether oxygens (including phenoxy) is 1. The summed E-state index contributed by atoms with van der Waals surface area (Å²) < 4.78 is 41.8. The van der Waals surface area contributed by atoms with Crippen LogP contribution in [0.25, 0.3) is 0 Å². The molecule has 0 atom stereocenters. The number of nitrogens with zero attached hydrogens (tertiary/aromatic N) is 1. The predicted molar refractivity (Wildman–Crippen MR) is 67.1 cm³/mol. The Morgan fingerprint density at radius 1 is 1.50 bits per heavy atom. The second-order valence-electron chi connectivity index (χ2n) is 2.99. The zero-order valence-electron chi connectivity index (χ0n) is 8.84. The first-order chi connectivity index (χ1) is 8.28. The van der Waals surface area contributed by atoms with Gasteiger partial charge < -0.3 is 4.74 Å². The molecule has 0 bridgehead atoms. The Labute approximate surface area is 118 Å². The number of carbonyl (C=O) groups excluding carboxylic acids is 1. The minimum Gasteiger partial charge on any atom is -0.465 e. The zero-order chi connectivity index (χ0) is 13.9. The van der Waals surface area contributed by atoms with Gasteiger partial charge in [0, 0.05) is 8.47 Å². The normalized spacial score (nSPS) is 10.9. The van der Waals surface area contributed by atoms with Crippen molar-refractivity contribution >= 4 is 40.3 Å². The molecule has 0 unspecified atom stereocenters. The van der Waals surface area contributed by atoms with Crippen molar-refractivity contribution in [1.82, 2.24) is 0 Å². The largest absolute Gasteiger partial charge is 0.465 e. The van der Waals surface area contributed by atoms with Crippen LogP contribution in [-0.4, -0.2) is 18.6 Å². The van der Waals surface area contributed by atoms with Crippen LogP contribution in [0.15, 0.2) is 17.0 Å². The van der Waals surface area contributed by atoms with Gasteiger partial charge in [0.1, 0.15) is 0 Å². The highest BCUT2D eigenvalue weighted by Crippen LogP contribution is 2.41. The van der Waals surface area contributed by atoms with Crippen molar-refractivity contribution in [3.8, 4) is 6.07 Å². The van der Waals surface area contributed by atoms with Gasteiger partial charge in [-0.3, -0.25) is 0 Å². The summed E-state index contributed by atoms with van der Waals surface area (Å²) in [4.78, 5) is 11.2. The first-order valence-electron chi connectivity index (χ1n) is 4.36. The van der Waals surface area contributed by atoms with Crippen molar-refractivity contribution in [2.45, 2.75) is 10.4 Å². The van der Waals surface area contributed by atoms with E-state index in [4.69, 9.17) is 5.26 Å². The van der Waals surface area contributed by atoms with Crippen LogP contribution in [0.2, 0.25) is 0 Å². The summed E-state index contributed by atoms with van der Waals surface area (Å²) in [5, 5.41) is 8.73. The van der Waals surface area contributed by atoms with Gasteiger partial charge in [-0.25, -0.2) is 4.79 Å². The van der Waals surface area contributed by atoms with Crippen LogP contribution in [0.1, 0.15) is 15.9 Å². The van der Waals surface area contributed by atoms with Crippen molar-refractivity contribution < 1.29 is 22.7 Å². The number of hydrogen-bond donors (Lipinski definition) is 0. The molecule has 0 N–H and O–H groups in total. The quantitative estimate of drug-likeness (QED) is 0.443. The molecule has 1 aromatic rings. The molecule has 96 valence electrons. The molecule has 8 heteroatoms. The maximum absolute atomic E-state index is 12.4. The second kappa shape index (κ2) is 5.79. The molecule has 0 spiro atoms. The fourth-order valence-electron chi connectivity index (χ4n) is 1.14. The van der Waals surface area contributed by atoms with Crippen molar-refractivity contribution in [3.05, 3.63) is 26.8 Å². The van der Waals surface area contributed by atoms with E-state index in [0.717, 1.165) is 13.2 Å². The fraction of sp³-hybridized carbons (Fsp3) is 0.200. The third kappa shape index (κ3) is 3.78. The molecule has 0 fully saturated rings. The number of esters is 1. The number of halogens is 4. The van der Waals surface area contributed by atoms with E-state index in [1.807, 2.05) is 0 Å². The SMILES string of the molecule is COC(=O)c1cc(C#N)cc(I)c1SC(F)(F)F. The molecule has 1 aromatic carbocycles. The van der Waals surface area contributed by atoms with E-state index in [0.29, 0.717) is 0 Å². The predicted octanol–water partition coefficient (Wildman–Crippen LogP) is 3.56. The Bertz CT molecular complexity index is 525. The second-order valence-corrected chi connectivity index (χ2v) is 5.22. The van der Waals surface area contributed by atoms with Crippen LogP contribution in [0.3, 0.4) is 0 Å². The maximum atomic E-state index is 12.4.